The normalized spacial score (nSPS) is 25.1. The van der Waals surface area contributed by atoms with Gasteiger partial charge < -0.3 is 5.21 Å². The van der Waals surface area contributed by atoms with Gasteiger partial charge in [-0.3, -0.25) is 4.79 Å². The summed E-state index contributed by atoms with van der Waals surface area (Å²) < 4.78 is 0. The average molecular weight is 211 g/mol. The molecule has 3 nitrogen and oxygen atoms in total. The minimum absolute atomic E-state index is 0.0861. The molecule has 1 saturated heterocycles. The Labute approximate surface area is 91.7 Å². The molecule has 0 saturated carbocycles. The molecule has 3 heteroatoms. The van der Waals surface area contributed by atoms with Crippen molar-refractivity contribution in [3.8, 4) is 0 Å². The first-order valence-electron chi connectivity index (χ1n) is 5.34. The number of hydrogen-bond acceptors (Lipinski definition) is 3. The zero-order valence-electron chi connectivity index (χ0n) is 10.3. The highest BCUT2D eigenvalue weighted by atomic mass is 16.5. The topological polar surface area (TPSA) is 40.5 Å². The van der Waals surface area contributed by atoms with E-state index < -0.39 is 0 Å². The van der Waals surface area contributed by atoms with Crippen LogP contribution in [0.2, 0.25) is 0 Å². The fourth-order valence-electron chi connectivity index (χ4n) is 2.53. The number of carbonyl (C=O) groups excluding carboxylic acids is 1. The Bertz CT molecular complexity index is 283. The lowest BCUT2D eigenvalue weighted by atomic mass is 9.78. The summed E-state index contributed by atoms with van der Waals surface area (Å²) >= 11 is 0. The van der Waals surface area contributed by atoms with Crippen LogP contribution in [0.25, 0.3) is 0 Å². The Morgan fingerprint density at radius 2 is 1.67 bits per heavy atom. The smallest absolute Gasteiger partial charge is 0.152 e. The summed E-state index contributed by atoms with van der Waals surface area (Å²) in [5.41, 5.74) is 0.522. The van der Waals surface area contributed by atoms with E-state index in [0.717, 1.165) is 18.4 Å². The third-order valence-electron chi connectivity index (χ3n) is 2.87. The molecular weight excluding hydrogens is 190 g/mol. The van der Waals surface area contributed by atoms with Crippen molar-refractivity contribution >= 4 is 5.78 Å². The molecule has 0 radical (unpaired) electrons. The van der Waals surface area contributed by atoms with E-state index in [2.05, 4.69) is 0 Å². The SMILES string of the molecule is CC(=O)C=C1CC(C)(C)N(O)C(C)(C)C1. The van der Waals surface area contributed by atoms with Gasteiger partial charge in [0.05, 0.1) is 0 Å². The Kier molecular flexibility index (Phi) is 3.08. The summed E-state index contributed by atoms with van der Waals surface area (Å²) in [6, 6.07) is 0. The number of hydrogen-bond donors (Lipinski definition) is 1. The molecule has 0 bridgehead atoms. The summed E-state index contributed by atoms with van der Waals surface area (Å²) in [5, 5.41) is 11.5. The van der Waals surface area contributed by atoms with Crippen LogP contribution in [0.5, 0.6) is 0 Å². The van der Waals surface area contributed by atoms with Crippen LogP contribution in [0.4, 0.5) is 0 Å². The van der Waals surface area contributed by atoms with Gasteiger partial charge in [0, 0.05) is 11.1 Å². The molecule has 1 aliphatic heterocycles. The van der Waals surface area contributed by atoms with Crippen LogP contribution in [0.1, 0.15) is 47.5 Å². The molecule has 0 spiro atoms. The molecule has 1 aliphatic rings. The highest BCUT2D eigenvalue weighted by Crippen LogP contribution is 2.39. The second-order valence-corrected chi connectivity index (χ2v) is 5.70. The molecular formula is C12H21NO2. The first-order chi connectivity index (χ1) is 6.65. The Hall–Kier alpha value is -0.670. The largest absolute Gasteiger partial charge is 0.313 e. The van der Waals surface area contributed by atoms with E-state index in [0.29, 0.717) is 0 Å². The summed E-state index contributed by atoms with van der Waals surface area (Å²) in [5.74, 6) is 0.0861. The zero-order valence-corrected chi connectivity index (χ0v) is 10.3. The minimum atomic E-state index is -0.303. The zero-order chi connectivity index (χ0) is 11.9. The summed E-state index contributed by atoms with van der Waals surface area (Å²) in [6.07, 6.45) is 3.19. The summed E-state index contributed by atoms with van der Waals surface area (Å²) in [7, 11) is 0. The van der Waals surface area contributed by atoms with Gasteiger partial charge in [-0.15, -0.1) is 0 Å². The second kappa shape index (κ2) is 3.72. The maximum Gasteiger partial charge on any atom is 0.152 e. The Morgan fingerprint density at radius 3 is 2.00 bits per heavy atom. The maximum absolute atomic E-state index is 11.1. The molecule has 1 N–H and O–H groups in total. The fraction of sp³-hybridized carbons (Fsp3) is 0.750. The number of allylic oxidation sites excluding steroid dienone is 1. The van der Waals surface area contributed by atoms with Gasteiger partial charge in [-0.05, 0) is 53.5 Å². The highest BCUT2D eigenvalue weighted by Gasteiger charge is 2.42. The number of carbonyl (C=O) groups is 1. The molecule has 0 aromatic carbocycles. The van der Waals surface area contributed by atoms with E-state index in [-0.39, 0.29) is 16.9 Å². The van der Waals surface area contributed by atoms with Crippen molar-refractivity contribution in [1.82, 2.24) is 5.06 Å². The summed E-state index contributed by atoms with van der Waals surface area (Å²) in [4.78, 5) is 11.1. The van der Waals surface area contributed by atoms with Gasteiger partial charge in [0.25, 0.3) is 0 Å². The van der Waals surface area contributed by atoms with E-state index in [1.165, 1.54) is 5.06 Å². The molecule has 0 atom stereocenters. The first-order valence-corrected chi connectivity index (χ1v) is 5.34. The van der Waals surface area contributed by atoms with Gasteiger partial charge in [0.2, 0.25) is 0 Å². The molecule has 0 unspecified atom stereocenters. The van der Waals surface area contributed by atoms with E-state index >= 15 is 0 Å². The van der Waals surface area contributed by atoms with Gasteiger partial charge in [-0.25, -0.2) is 0 Å². The Balaban J connectivity index is 2.99. The molecule has 0 aliphatic carbocycles. The van der Waals surface area contributed by atoms with Crippen molar-refractivity contribution in [2.24, 2.45) is 0 Å². The van der Waals surface area contributed by atoms with Gasteiger partial charge in [-0.2, -0.15) is 5.06 Å². The quantitative estimate of drug-likeness (QED) is 0.678. The standard InChI is InChI=1S/C12H21NO2/c1-9(14)6-10-7-11(2,3)13(15)12(4,5)8-10/h6,15H,7-8H2,1-5H3. The molecule has 1 fully saturated rings. The Morgan fingerprint density at radius 1 is 1.27 bits per heavy atom. The predicted octanol–water partition coefficient (Wildman–Crippen LogP) is 2.54. The van der Waals surface area contributed by atoms with E-state index in [9.17, 15) is 10.0 Å². The van der Waals surface area contributed by atoms with Crippen molar-refractivity contribution < 1.29 is 10.0 Å². The van der Waals surface area contributed by atoms with Crippen molar-refractivity contribution in [3.05, 3.63) is 11.6 Å². The van der Waals surface area contributed by atoms with Gasteiger partial charge in [0.15, 0.2) is 5.78 Å². The van der Waals surface area contributed by atoms with Crippen LogP contribution in [-0.2, 0) is 4.79 Å². The number of rotatable bonds is 1. The number of nitrogens with zero attached hydrogens (tertiary/aromatic N) is 1. The van der Waals surface area contributed by atoms with Gasteiger partial charge in [-0.1, -0.05) is 5.57 Å². The molecule has 0 aromatic heterocycles. The number of piperidine rings is 1. The average Bonchev–Trinajstić information content (AvgIpc) is 1.97. The predicted molar refractivity (Wildman–Crippen MR) is 59.8 cm³/mol. The molecule has 1 heterocycles. The van der Waals surface area contributed by atoms with Crippen LogP contribution in [0, 0.1) is 0 Å². The van der Waals surface area contributed by atoms with Crippen LogP contribution >= 0.6 is 0 Å². The van der Waals surface area contributed by atoms with Crippen LogP contribution < -0.4 is 0 Å². The first kappa shape index (κ1) is 12.4. The van der Waals surface area contributed by atoms with Crippen LogP contribution in [0.3, 0.4) is 0 Å². The lowest BCUT2D eigenvalue weighted by Crippen LogP contribution is -2.57. The fourth-order valence-corrected chi connectivity index (χ4v) is 2.53. The van der Waals surface area contributed by atoms with Crippen LogP contribution in [-0.4, -0.2) is 27.1 Å². The van der Waals surface area contributed by atoms with E-state index in [1.54, 1.807) is 13.0 Å². The van der Waals surface area contributed by atoms with Gasteiger partial charge >= 0.3 is 0 Å². The molecule has 1 rings (SSSR count). The third-order valence-corrected chi connectivity index (χ3v) is 2.87. The second-order valence-electron chi connectivity index (χ2n) is 5.70. The van der Waals surface area contributed by atoms with Crippen molar-refractivity contribution in [2.75, 3.05) is 0 Å². The summed E-state index contributed by atoms with van der Waals surface area (Å²) in [6.45, 7) is 9.52. The number of hydroxylamine groups is 2. The van der Waals surface area contributed by atoms with E-state index in [4.69, 9.17) is 0 Å². The molecule has 86 valence electrons. The highest BCUT2D eigenvalue weighted by molar-refractivity contribution is 5.88. The lowest BCUT2D eigenvalue weighted by molar-refractivity contribution is -0.232. The van der Waals surface area contributed by atoms with Crippen molar-refractivity contribution in [2.45, 2.75) is 58.5 Å². The lowest BCUT2D eigenvalue weighted by Gasteiger charge is -2.49. The van der Waals surface area contributed by atoms with Crippen molar-refractivity contribution in [3.63, 3.8) is 0 Å². The number of ketones is 1. The molecule has 15 heavy (non-hydrogen) atoms. The maximum atomic E-state index is 11.1. The third kappa shape index (κ3) is 2.67. The van der Waals surface area contributed by atoms with Gasteiger partial charge in [0.1, 0.15) is 0 Å². The van der Waals surface area contributed by atoms with Crippen LogP contribution in [0.15, 0.2) is 11.6 Å². The molecule has 0 aromatic rings. The molecule has 0 amide bonds. The van der Waals surface area contributed by atoms with Crippen molar-refractivity contribution in [1.29, 1.82) is 0 Å². The monoisotopic (exact) mass is 211 g/mol. The minimum Gasteiger partial charge on any atom is -0.313 e. The van der Waals surface area contributed by atoms with E-state index in [1.807, 2.05) is 27.7 Å².